The highest BCUT2D eigenvalue weighted by molar-refractivity contribution is 5.99. The second kappa shape index (κ2) is 5.96. The van der Waals surface area contributed by atoms with E-state index in [1.165, 1.54) is 0 Å². The van der Waals surface area contributed by atoms with Crippen LogP contribution >= 0.6 is 0 Å². The van der Waals surface area contributed by atoms with E-state index in [0.29, 0.717) is 11.2 Å². The fraction of sp³-hybridized carbons (Fsp3) is 0.412. The maximum Gasteiger partial charge on any atom is 0.257 e. The van der Waals surface area contributed by atoms with Crippen LogP contribution in [0.25, 0.3) is 5.65 Å². The molecule has 4 rings (SSSR count). The Morgan fingerprint density at radius 3 is 2.88 bits per heavy atom. The lowest BCUT2D eigenvalue weighted by atomic mass is 10.00. The summed E-state index contributed by atoms with van der Waals surface area (Å²) in [7, 11) is 4.05. The highest BCUT2D eigenvalue weighted by Gasteiger charge is 2.35. The van der Waals surface area contributed by atoms with Crippen LogP contribution in [0, 0.1) is 6.92 Å². The van der Waals surface area contributed by atoms with Crippen molar-refractivity contribution in [1.29, 1.82) is 0 Å². The molecule has 0 unspecified atom stereocenters. The largest absolute Gasteiger partial charge is 0.347 e. The Bertz CT molecular complexity index is 928. The Labute approximate surface area is 145 Å². The first-order valence-electron chi connectivity index (χ1n) is 8.29. The summed E-state index contributed by atoms with van der Waals surface area (Å²) in [5, 5.41) is 7.40. The van der Waals surface area contributed by atoms with Gasteiger partial charge in [0.25, 0.3) is 5.91 Å². The standard InChI is InChI=1S/C17H21N7O/c1-11-4-5-24-16(20-11)12(6-19-24)17(25)21-14-9-22(2)8-13(14)15-7-18-10-23(15)3/h4-7,10,13-14H,8-9H2,1-3H3,(H,21,25)/t13-,14-/m1/s1. The van der Waals surface area contributed by atoms with E-state index in [9.17, 15) is 4.79 Å². The van der Waals surface area contributed by atoms with Gasteiger partial charge in [0.05, 0.1) is 18.6 Å². The SMILES string of the molecule is Cc1ccn2ncc(C(=O)N[C@@H]3CN(C)C[C@H]3c3cncn3C)c2n1. The molecule has 2 atom stereocenters. The fourth-order valence-corrected chi connectivity index (χ4v) is 3.54. The van der Waals surface area contributed by atoms with Crippen LogP contribution in [-0.2, 0) is 7.05 Å². The third-order valence-corrected chi connectivity index (χ3v) is 4.81. The summed E-state index contributed by atoms with van der Waals surface area (Å²) in [6.45, 7) is 3.59. The van der Waals surface area contributed by atoms with Crippen LogP contribution in [0.15, 0.2) is 31.0 Å². The van der Waals surface area contributed by atoms with Gasteiger partial charge in [-0.3, -0.25) is 4.79 Å². The van der Waals surface area contributed by atoms with E-state index < -0.39 is 0 Å². The molecule has 1 N–H and O–H groups in total. The number of hydrogen-bond acceptors (Lipinski definition) is 5. The number of carbonyl (C=O) groups is 1. The molecule has 1 aliphatic rings. The number of amides is 1. The molecular weight excluding hydrogens is 318 g/mol. The Morgan fingerprint density at radius 2 is 2.12 bits per heavy atom. The molecule has 8 nitrogen and oxygen atoms in total. The zero-order valence-electron chi connectivity index (χ0n) is 14.5. The van der Waals surface area contributed by atoms with Gasteiger partial charge in [-0.1, -0.05) is 0 Å². The minimum absolute atomic E-state index is 0.0210. The number of nitrogens with zero attached hydrogens (tertiary/aromatic N) is 6. The summed E-state index contributed by atoms with van der Waals surface area (Å²) in [5.74, 6) is 0.0681. The minimum Gasteiger partial charge on any atom is -0.347 e. The summed E-state index contributed by atoms with van der Waals surface area (Å²) in [6.07, 6.45) is 7.07. The number of likely N-dealkylation sites (N-methyl/N-ethyl adjacent to an activating group) is 1. The van der Waals surface area contributed by atoms with Gasteiger partial charge in [-0.05, 0) is 20.0 Å². The molecule has 25 heavy (non-hydrogen) atoms. The lowest BCUT2D eigenvalue weighted by molar-refractivity contribution is 0.0936. The first-order valence-corrected chi connectivity index (χ1v) is 8.29. The van der Waals surface area contributed by atoms with Crippen molar-refractivity contribution in [1.82, 2.24) is 34.4 Å². The number of aryl methyl sites for hydroxylation is 2. The van der Waals surface area contributed by atoms with Gasteiger partial charge in [-0.25, -0.2) is 14.5 Å². The predicted octanol–water partition coefficient (Wildman–Crippen LogP) is 0.599. The molecule has 1 saturated heterocycles. The van der Waals surface area contributed by atoms with Crippen LogP contribution in [0.3, 0.4) is 0 Å². The summed E-state index contributed by atoms with van der Waals surface area (Å²) in [6, 6.07) is 1.89. The summed E-state index contributed by atoms with van der Waals surface area (Å²) < 4.78 is 3.64. The van der Waals surface area contributed by atoms with E-state index in [4.69, 9.17) is 0 Å². The van der Waals surface area contributed by atoms with E-state index in [2.05, 4.69) is 32.3 Å². The zero-order chi connectivity index (χ0) is 17.6. The van der Waals surface area contributed by atoms with Crippen molar-refractivity contribution in [2.24, 2.45) is 7.05 Å². The molecule has 0 saturated carbocycles. The number of carbonyl (C=O) groups excluding carboxylic acids is 1. The van der Waals surface area contributed by atoms with Crippen LogP contribution in [-0.4, -0.2) is 61.1 Å². The van der Waals surface area contributed by atoms with E-state index in [1.54, 1.807) is 17.0 Å². The van der Waals surface area contributed by atoms with Gasteiger partial charge < -0.3 is 14.8 Å². The van der Waals surface area contributed by atoms with Gasteiger partial charge in [0.2, 0.25) is 0 Å². The number of fused-ring (bicyclic) bond motifs is 1. The van der Waals surface area contributed by atoms with Gasteiger partial charge >= 0.3 is 0 Å². The summed E-state index contributed by atoms with van der Waals surface area (Å²) in [5.41, 5.74) is 3.07. The van der Waals surface area contributed by atoms with E-state index in [0.717, 1.165) is 24.5 Å². The Morgan fingerprint density at radius 1 is 1.28 bits per heavy atom. The molecule has 1 aliphatic heterocycles. The molecule has 0 aliphatic carbocycles. The molecule has 0 radical (unpaired) electrons. The quantitative estimate of drug-likeness (QED) is 0.756. The Hall–Kier alpha value is -2.74. The zero-order valence-corrected chi connectivity index (χ0v) is 14.5. The normalized spacial score (nSPS) is 21.1. The van der Waals surface area contributed by atoms with E-state index in [1.807, 2.05) is 37.0 Å². The van der Waals surface area contributed by atoms with E-state index >= 15 is 0 Å². The Balaban J connectivity index is 1.60. The average Bonchev–Trinajstić information content (AvgIpc) is 3.25. The smallest absolute Gasteiger partial charge is 0.257 e. The number of hydrogen-bond donors (Lipinski definition) is 1. The van der Waals surface area contributed by atoms with Crippen molar-refractivity contribution < 1.29 is 4.79 Å². The molecule has 1 fully saturated rings. The molecule has 4 heterocycles. The molecule has 0 spiro atoms. The van der Waals surface area contributed by atoms with Crippen molar-refractivity contribution in [2.75, 3.05) is 20.1 Å². The summed E-state index contributed by atoms with van der Waals surface area (Å²) in [4.78, 5) is 23.7. The highest BCUT2D eigenvalue weighted by Crippen LogP contribution is 2.26. The number of likely N-dealkylation sites (tertiary alicyclic amines) is 1. The number of imidazole rings is 1. The molecular formula is C17H21N7O. The number of aromatic nitrogens is 5. The summed E-state index contributed by atoms with van der Waals surface area (Å²) >= 11 is 0. The van der Waals surface area contributed by atoms with Gasteiger partial charge in [-0.2, -0.15) is 5.10 Å². The molecule has 8 heteroatoms. The topological polar surface area (TPSA) is 80.4 Å². The molecule has 3 aromatic rings. The van der Waals surface area contributed by atoms with Crippen LogP contribution in [0.5, 0.6) is 0 Å². The van der Waals surface area contributed by atoms with Crippen molar-refractivity contribution >= 4 is 11.6 Å². The van der Waals surface area contributed by atoms with Crippen molar-refractivity contribution in [3.63, 3.8) is 0 Å². The second-order valence-corrected chi connectivity index (χ2v) is 6.73. The predicted molar refractivity (Wildman–Crippen MR) is 92.4 cm³/mol. The minimum atomic E-state index is -0.138. The monoisotopic (exact) mass is 339 g/mol. The average molecular weight is 339 g/mol. The third kappa shape index (κ3) is 2.78. The van der Waals surface area contributed by atoms with Gasteiger partial charge in [0, 0.05) is 49.8 Å². The maximum atomic E-state index is 12.8. The lowest BCUT2D eigenvalue weighted by Gasteiger charge is -2.20. The van der Waals surface area contributed by atoms with Crippen molar-refractivity contribution in [3.05, 3.63) is 47.9 Å². The van der Waals surface area contributed by atoms with Crippen LogP contribution in [0.4, 0.5) is 0 Å². The second-order valence-electron chi connectivity index (χ2n) is 6.73. The van der Waals surface area contributed by atoms with E-state index in [-0.39, 0.29) is 17.9 Å². The first-order chi connectivity index (χ1) is 12.0. The van der Waals surface area contributed by atoms with Crippen LogP contribution in [0.2, 0.25) is 0 Å². The first kappa shape index (κ1) is 15.8. The van der Waals surface area contributed by atoms with Gasteiger partial charge in [0.1, 0.15) is 5.56 Å². The highest BCUT2D eigenvalue weighted by atomic mass is 16.1. The molecule has 0 aromatic carbocycles. The third-order valence-electron chi connectivity index (χ3n) is 4.81. The van der Waals surface area contributed by atoms with Crippen molar-refractivity contribution in [2.45, 2.75) is 18.9 Å². The van der Waals surface area contributed by atoms with Crippen molar-refractivity contribution in [3.8, 4) is 0 Å². The van der Waals surface area contributed by atoms with Crippen LogP contribution in [0.1, 0.15) is 27.7 Å². The lowest BCUT2D eigenvalue weighted by Crippen LogP contribution is -2.40. The van der Waals surface area contributed by atoms with Gasteiger partial charge in [0.15, 0.2) is 5.65 Å². The number of nitrogens with one attached hydrogen (secondary N) is 1. The molecule has 1 amide bonds. The van der Waals surface area contributed by atoms with Crippen LogP contribution < -0.4 is 5.32 Å². The Kier molecular flexibility index (Phi) is 3.76. The molecule has 130 valence electrons. The van der Waals surface area contributed by atoms with Gasteiger partial charge in [-0.15, -0.1) is 0 Å². The maximum absolute atomic E-state index is 12.8. The molecule has 0 bridgehead atoms. The number of rotatable bonds is 3. The molecule has 3 aromatic heterocycles. The fourth-order valence-electron chi connectivity index (χ4n) is 3.54.